The highest BCUT2D eigenvalue weighted by Crippen LogP contribution is 2.14. The molecule has 0 heterocycles. The Balaban J connectivity index is 1.38. The maximum atomic E-state index is 12.3. The van der Waals surface area contributed by atoms with E-state index in [0.717, 1.165) is 12.2 Å². The monoisotopic (exact) mass is 462 g/mol. The molecule has 3 aromatic rings. The minimum atomic E-state index is -0.430. The van der Waals surface area contributed by atoms with Gasteiger partial charge in [-0.25, -0.2) is 0 Å². The van der Waals surface area contributed by atoms with E-state index in [0.29, 0.717) is 48.4 Å². The summed E-state index contributed by atoms with van der Waals surface area (Å²) in [6, 6.07) is 22.9. The molecule has 0 radical (unpaired) electrons. The van der Waals surface area contributed by atoms with Crippen LogP contribution in [-0.4, -0.2) is 31.6 Å². The number of para-hydroxylation sites is 1. The SMILES string of the molecule is CC(C)CCOc1ccc(C(=O)NNC(=O)c2ccc(OCCOc3ccccc3)cc2)cc1. The zero-order valence-corrected chi connectivity index (χ0v) is 19.5. The molecule has 178 valence electrons. The first kappa shape index (κ1) is 24.6. The molecule has 3 aromatic carbocycles. The number of ether oxygens (including phenoxy) is 3. The predicted molar refractivity (Wildman–Crippen MR) is 130 cm³/mol. The summed E-state index contributed by atoms with van der Waals surface area (Å²) in [4.78, 5) is 24.6. The highest BCUT2D eigenvalue weighted by atomic mass is 16.5. The number of hydrogen-bond acceptors (Lipinski definition) is 5. The number of hydrogen-bond donors (Lipinski definition) is 2. The molecular formula is C27H30N2O5. The van der Waals surface area contributed by atoms with Crippen LogP contribution in [-0.2, 0) is 0 Å². The molecule has 0 aliphatic heterocycles. The van der Waals surface area contributed by atoms with Crippen LogP contribution in [0.2, 0.25) is 0 Å². The summed E-state index contributed by atoms with van der Waals surface area (Å²) in [5, 5.41) is 0. The van der Waals surface area contributed by atoms with Crippen LogP contribution < -0.4 is 25.1 Å². The van der Waals surface area contributed by atoms with Crippen molar-refractivity contribution < 1.29 is 23.8 Å². The third-order valence-electron chi connectivity index (χ3n) is 4.85. The Hall–Kier alpha value is -4.00. The molecule has 0 aliphatic rings. The van der Waals surface area contributed by atoms with Gasteiger partial charge in [-0.1, -0.05) is 32.0 Å². The number of carbonyl (C=O) groups is 2. The molecule has 2 N–H and O–H groups in total. The second-order valence-electron chi connectivity index (χ2n) is 8.00. The highest BCUT2D eigenvalue weighted by Gasteiger charge is 2.10. The molecule has 7 nitrogen and oxygen atoms in total. The Morgan fingerprint density at radius 1 is 0.618 bits per heavy atom. The van der Waals surface area contributed by atoms with Crippen molar-refractivity contribution in [2.45, 2.75) is 20.3 Å². The van der Waals surface area contributed by atoms with E-state index < -0.39 is 11.8 Å². The molecule has 2 amide bonds. The molecule has 0 saturated heterocycles. The second-order valence-corrected chi connectivity index (χ2v) is 8.00. The summed E-state index contributed by atoms with van der Waals surface area (Å²) >= 11 is 0. The van der Waals surface area contributed by atoms with E-state index in [1.165, 1.54) is 0 Å². The summed E-state index contributed by atoms with van der Waals surface area (Å²) in [6.07, 6.45) is 0.962. The lowest BCUT2D eigenvalue weighted by atomic mass is 10.1. The van der Waals surface area contributed by atoms with E-state index in [4.69, 9.17) is 14.2 Å². The average Bonchev–Trinajstić information content (AvgIpc) is 2.86. The Kier molecular flexibility index (Phi) is 9.34. The minimum Gasteiger partial charge on any atom is -0.494 e. The largest absolute Gasteiger partial charge is 0.494 e. The maximum absolute atomic E-state index is 12.3. The van der Waals surface area contributed by atoms with Gasteiger partial charge in [-0.05, 0) is 73.0 Å². The van der Waals surface area contributed by atoms with Crippen LogP contribution in [0, 0.1) is 5.92 Å². The maximum Gasteiger partial charge on any atom is 0.269 e. The Morgan fingerprint density at radius 2 is 1.03 bits per heavy atom. The quantitative estimate of drug-likeness (QED) is 0.320. The lowest BCUT2D eigenvalue weighted by Crippen LogP contribution is -2.41. The van der Waals surface area contributed by atoms with Gasteiger partial charge in [-0.15, -0.1) is 0 Å². The summed E-state index contributed by atoms with van der Waals surface area (Å²) in [5.41, 5.74) is 5.64. The van der Waals surface area contributed by atoms with Gasteiger partial charge in [-0.3, -0.25) is 20.4 Å². The normalized spacial score (nSPS) is 10.4. The number of hydrazine groups is 1. The molecule has 3 rings (SSSR count). The molecule has 0 fully saturated rings. The predicted octanol–water partition coefficient (Wildman–Crippen LogP) is 4.64. The van der Waals surface area contributed by atoms with Crippen LogP contribution in [0.3, 0.4) is 0 Å². The molecule has 0 bridgehead atoms. The van der Waals surface area contributed by atoms with Crippen molar-refractivity contribution in [2.24, 2.45) is 5.92 Å². The minimum absolute atomic E-state index is 0.373. The van der Waals surface area contributed by atoms with E-state index in [9.17, 15) is 9.59 Å². The van der Waals surface area contributed by atoms with Gasteiger partial charge < -0.3 is 14.2 Å². The lowest BCUT2D eigenvalue weighted by Gasteiger charge is -2.10. The number of benzene rings is 3. The van der Waals surface area contributed by atoms with E-state index in [1.54, 1.807) is 48.5 Å². The topological polar surface area (TPSA) is 85.9 Å². The van der Waals surface area contributed by atoms with Crippen LogP contribution in [0.15, 0.2) is 78.9 Å². The van der Waals surface area contributed by atoms with Crippen molar-refractivity contribution in [3.05, 3.63) is 90.0 Å². The summed E-state index contributed by atoms with van der Waals surface area (Å²) in [6.45, 7) is 5.68. The zero-order valence-electron chi connectivity index (χ0n) is 19.5. The number of carbonyl (C=O) groups excluding carboxylic acids is 2. The summed E-state index contributed by atoms with van der Waals surface area (Å²) in [5.74, 6) is 1.83. The van der Waals surface area contributed by atoms with Gasteiger partial charge in [-0.2, -0.15) is 0 Å². The smallest absolute Gasteiger partial charge is 0.269 e. The van der Waals surface area contributed by atoms with Crippen LogP contribution in [0.1, 0.15) is 41.0 Å². The van der Waals surface area contributed by atoms with Gasteiger partial charge >= 0.3 is 0 Å². The first-order chi connectivity index (χ1) is 16.5. The van der Waals surface area contributed by atoms with E-state index in [2.05, 4.69) is 24.7 Å². The van der Waals surface area contributed by atoms with Gasteiger partial charge in [0.2, 0.25) is 0 Å². The fourth-order valence-electron chi connectivity index (χ4n) is 2.91. The van der Waals surface area contributed by atoms with Crippen LogP contribution in [0.25, 0.3) is 0 Å². The number of nitrogens with one attached hydrogen (secondary N) is 2. The van der Waals surface area contributed by atoms with Crippen molar-refractivity contribution in [1.82, 2.24) is 10.9 Å². The van der Waals surface area contributed by atoms with Crippen molar-refractivity contribution in [1.29, 1.82) is 0 Å². The van der Waals surface area contributed by atoms with Gasteiger partial charge in [0.15, 0.2) is 0 Å². The Morgan fingerprint density at radius 3 is 1.47 bits per heavy atom. The summed E-state index contributed by atoms with van der Waals surface area (Å²) in [7, 11) is 0. The van der Waals surface area contributed by atoms with Gasteiger partial charge in [0.05, 0.1) is 6.61 Å². The lowest BCUT2D eigenvalue weighted by molar-refractivity contribution is 0.0846. The van der Waals surface area contributed by atoms with Crippen LogP contribution in [0.5, 0.6) is 17.2 Å². The van der Waals surface area contributed by atoms with Gasteiger partial charge in [0.1, 0.15) is 30.5 Å². The summed E-state index contributed by atoms with van der Waals surface area (Å²) < 4.78 is 16.9. The Labute approximate surface area is 200 Å². The Bertz CT molecular complexity index is 1030. The number of amides is 2. The van der Waals surface area contributed by atoms with Gasteiger partial charge in [0.25, 0.3) is 11.8 Å². The molecule has 0 aromatic heterocycles. The zero-order chi connectivity index (χ0) is 24.2. The van der Waals surface area contributed by atoms with Crippen LogP contribution in [0.4, 0.5) is 0 Å². The fourth-order valence-corrected chi connectivity index (χ4v) is 2.91. The van der Waals surface area contributed by atoms with Crippen molar-refractivity contribution in [3.63, 3.8) is 0 Å². The van der Waals surface area contributed by atoms with Crippen molar-refractivity contribution >= 4 is 11.8 Å². The van der Waals surface area contributed by atoms with Gasteiger partial charge in [0, 0.05) is 11.1 Å². The molecule has 0 aliphatic carbocycles. The molecule has 34 heavy (non-hydrogen) atoms. The van der Waals surface area contributed by atoms with E-state index in [1.807, 2.05) is 30.3 Å². The van der Waals surface area contributed by atoms with E-state index in [-0.39, 0.29) is 0 Å². The highest BCUT2D eigenvalue weighted by molar-refractivity contribution is 5.99. The molecular weight excluding hydrogens is 432 g/mol. The standard InChI is InChI=1S/C27H30N2O5/c1-20(2)16-17-32-24-12-8-21(9-13-24)26(30)28-29-27(31)22-10-14-25(15-11-22)34-19-18-33-23-6-4-3-5-7-23/h3-15,20H,16-19H2,1-2H3,(H,28,30)(H,29,31). The first-order valence-corrected chi connectivity index (χ1v) is 11.3. The van der Waals surface area contributed by atoms with Crippen LogP contribution >= 0.6 is 0 Å². The third kappa shape index (κ3) is 8.16. The van der Waals surface area contributed by atoms with Crippen molar-refractivity contribution in [2.75, 3.05) is 19.8 Å². The van der Waals surface area contributed by atoms with E-state index >= 15 is 0 Å². The third-order valence-corrected chi connectivity index (χ3v) is 4.85. The molecule has 0 atom stereocenters. The van der Waals surface area contributed by atoms with Crippen molar-refractivity contribution in [3.8, 4) is 17.2 Å². The molecule has 0 unspecified atom stereocenters. The first-order valence-electron chi connectivity index (χ1n) is 11.3. The molecule has 7 heteroatoms. The molecule has 0 saturated carbocycles. The average molecular weight is 463 g/mol. The molecule has 0 spiro atoms. The second kappa shape index (κ2) is 12.9. The number of rotatable bonds is 11. The fraction of sp³-hybridized carbons (Fsp3) is 0.259.